The smallest absolute Gasteiger partial charge is 0.335 e. The molecule has 0 spiro atoms. The number of carbonyl (C=O) groups excluding carboxylic acids is 1. The third-order valence-electron chi connectivity index (χ3n) is 2.46. The molecule has 0 saturated heterocycles. The summed E-state index contributed by atoms with van der Waals surface area (Å²) in [5.74, 6) is -0.919. The van der Waals surface area contributed by atoms with Crippen molar-refractivity contribution >= 4 is 23.4 Å². The third kappa shape index (κ3) is 4.19. The van der Waals surface area contributed by atoms with Crippen LogP contribution in [0.15, 0.2) is 24.3 Å². The number of aromatic carboxylic acids is 1. The Morgan fingerprint density at radius 2 is 1.88 bits per heavy atom. The highest BCUT2D eigenvalue weighted by Gasteiger charge is 2.14. The highest BCUT2D eigenvalue weighted by molar-refractivity contribution is 6.31. The second kappa shape index (κ2) is 6.40. The standard InChI is InChI=1S/C13H15ClO3/c1-2-3-12(15)11(14)8-9-4-6-10(7-5-9)13(16)17/h4-7,11H,2-3,8H2,1H3,(H,16,17). The summed E-state index contributed by atoms with van der Waals surface area (Å²) in [7, 11) is 0. The summed E-state index contributed by atoms with van der Waals surface area (Å²) in [6, 6.07) is 6.42. The van der Waals surface area contributed by atoms with E-state index in [1.54, 1.807) is 12.1 Å². The monoisotopic (exact) mass is 254 g/mol. The summed E-state index contributed by atoms with van der Waals surface area (Å²) in [6.45, 7) is 1.93. The molecule has 0 radical (unpaired) electrons. The largest absolute Gasteiger partial charge is 0.478 e. The number of hydrogen-bond donors (Lipinski definition) is 1. The van der Waals surface area contributed by atoms with Gasteiger partial charge in [-0.25, -0.2) is 4.79 Å². The zero-order chi connectivity index (χ0) is 12.8. The van der Waals surface area contributed by atoms with E-state index in [4.69, 9.17) is 16.7 Å². The molecule has 4 heteroatoms. The molecule has 0 amide bonds. The molecule has 0 aliphatic rings. The maximum atomic E-state index is 11.5. The Kier molecular flexibility index (Phi) is 5.16. The van der Waals surface area contributed by atoms with Crippen LogP contribution in [0, 0.1) is 0 Å². The molecule has 1 aromatic rings. The van der Waals surface area contributed by atoms with Crippen molar-refractivity contribution in [2.24, 2.45) is 0 Å². The number of rotatable bonds is 6. The van der Waals surface area contributed by atoms with Crippen molar-refractivity contribution in [2.45, 2.75) is 31.6 Å². The first-order valence-electron chi connectivity index (χ1n) is 5.53. The van der Waals surface area contributed by atoms with Crippen LogP contribution >= 0.6 is 11.6 Å². The van der Waals surface area contributed by atoms with Gasteiger partial charge in [0.25, 0.3) is 0 Å². The Labute approximate surface area is 105 Å². The van der Waals surface area contributed by atoms with Crippen molar-refractivity contribution in [1.29, 1.82) is 0 Å². The molecule has 0 aromatic heterocycles. The number of Topliss-reactive ketones (excluding diaryl/α,β-unsaturated/α-hetero) is 1. The van der Waals surface area contributed by atoms with Gasteiger partial charge >= 0.3 is 5.97 Å². The van der Waals surface area contributed by atoms with Gasteiger partial charge in [0, 0.05) is 6.42 Å². The third-order valence-corrected chi connectivity index (χ3v) is 2.86. The number of hydrogen-bond acceptors (Lipinski definition) is 2. The first-order valence-corrected chi connectivity index (χ1v) is 5.97. The van der Waals surface area contributed by atoms with Gasteiger partial charge in [-0.15, -0.1) is 11.6 Å². The van der Waals surface area contributed by atoms with E-state index in [9.17, 15) is 9.59 Å². The van der Waals surface area contributed by atoms with E-state index in [-0.39, 0.29) is 11.3 Å². The van der Waals surface area contributed by atoms with E-state index in [0.717, 1.165) is 12.0 Å². The predicted octanol–water partition coefficient (Wildman–Crippen LogP) is 2.90. The van der Waals surface area contributed by atoms with Crippen LogP contribution in [0.1, 0.15) is 35.7 Å². The normalized spacial score (nSPS) is 12.1. The SMILES string of the molecule is CCCC(=O)C(Cl)Cc1ccc(C(=O)O)cc1. The second-order valence-corrected chi connectivity index (χ2v) is 4.42. The first-order chi connectivity index (χ1) is 8.04. The van der Waals surface area contributed by atoms with E-state index in [2.05, 4.69) is 0 Å². The summed E-state index contributed by atoms with van der Waals surface area (Å²) >= 11 is 5.98. The summed E-state index contributed by atoms with van der Waals surface area (Å²) < 4.78 is 0. The van der Waals surface area contributed by atoms with Crippen LogP contribution in [-0.2, 0) is 11.2 Å². The number of alkyl halides is 1. The molecular weight excluding hydrogens is 240 g/mol. The van der Waals surface area contributed by atoms with Crippen LogP contribution in [-0.4, -0.2) is 22.2 Å². The van der Waals surface area contributed by atoms with Gasteiger partial charge in [0.2, 0.25) is 0 Å². The summed E-state index contributed by atoms with van der Waals surface area (Å²) in [4.78, 5) is 22.1. The molecular formula is C13H15ClO3. The quantitative estimate of drug-likeness (QED) is 0.794. The van der Waals surface area contributed by atoms with Gasteiger partial charge in [0.05, 0.1) is 10.9 Å². The highest BCUT2D eigenvalue weighted by atomic mass is 35.5. The van der Waals surface area contributed by atoms with E-state index in [1.165, 1.54) is 12.1 Å². The van der Waals surface area contributed by atoms with Crippen molar-refractivity contribution in [1.82, 2.24) is 0 Å². The fourth-order valence-electron chi connectivity index (χ4n) is 1.51. The number of halogens is 1. The second-order valence-electron chi connectivity index (χ2n) is 3.89. The fraction of sp³-hybridized carbons (Fsp3) is 0.385. The summed E-state index contributed by atoms with van der Waals surface area (Å²) in [5, 5.41) is 8.21. The van der Waals surface area contributed by atoms with E-state index in [0.29, 0.717) is 12.8 Å². The van der Waals surface area contributed by atoms with Gasteiger partial charge in [-0.05, 0) is 30.5 Å². The van der Waals surface area contributed by atoms with Gasteiger partial charge in [0.1, 0.15) is 0 Å². The van der Waals surface area contributed by atoms with Crippen LogP contribution in [0.25, 0.3) is 0 Å². The Balaban J connectivity index is 2.63. The lowest BCUT2D eigenvalue weighted by Crippen LogP contribution is -2.16. The molecule has 1 rings (SSSR count). The fourth-order valence-corrected chi connectivity index (χ4v) is 1.79. The molecule has 0 fully saturated rings. The average molecular weight is 255 g/mol. The zero-order valence-corrected chi connectivity index (χ0v) is 10.4. The van der Waals surface area contributed by atoms with Crippen LogP contribution in [0.4, 0.5) is 0 Å². The van der Waals surface area contributed by atoms with Crippen molar-refractivity contribution in [3.63, 3.8) is 0 Å². The van der Waals surface area contributed by atoms with Crippen LogP contribution in [0.3, 0.4) is 0 Å². The molecule has 0 bridgehead atoms. The molecule has 1 unspecified atom stereocenters. The van der Waals surface area contributed by atoms with Crippen LogP contribution in [0.5, 0.6) is 0 Å². The molecule has 92 valence electrons. The molecule has 0 heterocycles. The number of ketones is 1. The van der Waals surface area contributed by atoms with Gasteiger partial charge in [-0.2, -0.15) is 0 Å². The van der Waals surface area contributed by atoms with Crippen molar-refractivity contribution in [2.75, 3.05) is 0 Å². The zero-order valence-electron chi connectivity index (χ0n) is 9.65. The minimum Gasteiger partial charge on any atom is -0.478 e. The molecule has 3 nitrogen and oxygen atoms in total. The van der Waals surface area contributed by atoms with Crippen molar-refractivity contribution < 1.29 is 14.7 Å². The number of carboxylic acids is 1. The predicted molar refractivity (Wildman–Crippen MR) is 66.7 cm³/mol. The van der Waals surface area contributed by atoms with Gasteiger partial charge < -0.3 is 5.11 Å². The Bertz CT molecular complexity index is 398. The molecule has 1 N–H and O–H groups in total. The summed E-state index contributed by atoms with van der Waals surface area (Å²) in [5.41, 5.74) is 1.11. The average Bonchev–Trinajstić information content (AvgIpc) is 2.30. The molecule has 0 aliphatic heterocycles. The molecule has 0 aliphatic carbocycles. The minimum atomic E-state index is -0.957. The molecule has 1 aromatic carbocycles. The van der Waals surface area contributed by atoms with Gasteiger partial charge in [0.15, 0.2) is 5.78 Å². The summed E-state index contributed by atoms with van der Waals surface area (Å²) in [6.07, 6.45) is 1.72. The molecule has 17 heavy (non-hydrogen) atoms. The van der Waals surface area contributed by atoms with Crippen LogP contribution in [0.2, 0.25) is 0 Å². The number of carboxylic acid groups (broad SMARTS) is 1. The Morgan fingerprint density at radius 1 is 1.29 bits per heavy atom. The molecule has 1 atom stereocenters. The van der Waals surface area contributed by atoms with Gasteiger partial charge in [-0.1, -0.05) is 19.1 Å². The Hall–Kier alpha value is -1.35. The highest BCUT2D eigenvalue weighted by Crippen LogP contribution is 2.12. The molecule has 0 saturated carbocycles. The minimum absolute atomic E-state index is 0.0384. The lowest BCUT2D eigenvalue weighted by atomic mass is 10.0. The Morgan fingerprint density at radius 3 is 2.35 bits per heavy atom. The van der Waals surface area contributed by atoms with Gasteiger partial charge in [-0.3, -0.25) is 4.79 Å². The van der Waals surface area contributed by atoms with Crippen molar-refractivity contribution in [3.05, 3.63) is 35.4 Å². The maximum Gasteiger partial charge on any atom is 0.335 e. The maximum absolute atomic E-state index is 11.5. The lowest BCUT2D eigenvalue weighted by Gasteiger charge is -2.08. The lowest BCUT2D eigenvalue weighted by molar-refractivity contribution is -0.118. The van der Waals surface area contributed by atoms with Crippen molar-refractivity contribution in [3.8, 4) is 0 Å². The van der Waals surface area contributed by atoms with Crippen LogP contribution < -0.4 is 0 Å². The number of carbonyl (C=O) groups is 2. The van der Waals surface area contributed by atoms with E-state index < -0.39 is 11.3 Å². The first kappa shape index (κ1) is 13.7. The van der Waals surface area contributed by atoms with E-state index >= 15 is 0 Å². The van der Waals surface area contributed by atoms with E-state index in [1.807, 2.05) is 6.92 Å². The number of benzene rings is 1. The topological polar surface area (TPSA) is 54.4 Å².